The number of hydrogen-bond acceptors (Lipinski definition) is 3. The number of ether oxygens (including phenoxy) is 1. The molecule has 1 atom stereocenters. The predicted octanol–water partition coefficient (Wildman–Crippen LogP) is 2.88. The van der Waals surface area contributed by atoms with Gasteiger partial charge in [-0.05, 0) is 38.7 Å². The third-order valence-corrected chi connectivity index (χ3v) is 2.89. The van der Waals surface area contributed by atoms with E-state index >= 15 is 0 Å². The van der Waals surface area contributed by atoms with E-state index < -0.39 is 5.60 Å². The third-order valence-electron chi connectivity index (χ3n) is 2.89. The maximum Gasteiger partial charge on any atom is 0.330 e. The molecule has 0 aliphatic rings. The van der Waals surface area contributed by atoms with E-state index in [1.807, 2.05) is 30.3 Å². The van der Waals surface area contributed by atoms with E-state index in [1.54, 1.807) is 19.9 Å². The Morgan fingerprint density at radius 2 is 2.05 bits per heavy atom. The van der Waals surface area contributed by atoms with Gasteiger partial charge >= 0.3 is 5.97 Å². The fraction of sp³-hybridized carbons (Fsp3) is 0.438. The maximum absolute atomic E-state index is 11.1. The van der Waals surface area contributed by atoms with Crippen LogP contribution in [0.1, 0.15) is 32.3 Å². The molecule has 0 aromatic heterocycles. The summed E-state index contributed by atoms with van der Waals surface area (Å²) in [5.41, 5.74) is 0.399. The molecule has 0 aliphatic carbocycles. The van der Waals surface area contributed by atoms with E-state index in [0.29, 0.717) is 19.4 Å². The minimum absolute atomic E-state index is 0.360. The Kier molecular flexibility index (Phi) is 6.30. The molecule has 104 valence electrons. The highest BCUT2D eigenvalue weighted by Gasteiger charge is 2.18. The second-order valence-electron chi connectivity index (χ2n) is 4.84. The number of aliphatic hydroxyl groups is 1. The van der Waals surface area contributed by atoms with Crippen LogP contribution in [0.4, 0.5) is 0 Å². The van der Waals surface area contributed by atoms with E-state index in [-0.39, 0.29) is 5.97 Å². The Bertz CT molecular complexity index is 407. The molecular weight excluding hydrogens is 240 g/mol. The molecule has 0 aliphatic heterocycles. The Labute approximate surface area is 114 Å². The average Bonchev–Trinajstić information content (AvgIpc) is 2.38. The number of esters is 1. The first-order valence-electron chi connectivity index (χ1n) is 6.63. The molecule has 1 N–H and O–H groups in total. The van der Waals surface area contributed by atoms with Crippen molar-refractivity contribution in [3.63, 3.8) is 0 Å². The maximum atomic E-state index is 11.1. The van der Waals surface area contributed by atoms with Gasteiger partial charge in [0, 0.05) is 6.08 Å². The molecule has 0 radical (unpaired) electrons. The van der Waals surface area contributed by atoms with Gasteiger partial charge < -0.3 is 9.84 Å². The van der Waals surface area contributed by atoms with Crippen molar-refractivity contribution in [1.82, 2.24) is 0 Å². The number of aryl methyl sites for hydroxylation is 1. The zero-order valence-electron chi connectivity index (χ0n) is 11.6. The number of hydrogen-bond donors (Lipinski definition) is 1. The molecule has 3 nitrogen and oxygen atoms in total. The summed E-state index contributed by atoms with van der Waals surface area (Å²) in [5.74, 6) is -0.360. The van der Waals surface area contributed by atoms with Crippen LogP contribution < -0.4 is 0 Å². The van der Waals surface area contributed by atoms with Crippen LogP contribution in [0.15, 0.2) is 42.5 Å². The average molecular weight is 262 g/mol. The van der Waals surface area contributed by atoms with Crippen molar-refractivity contribution in [2.45, 2.75) is 38.7 Å². The lowest BCUT2D eigenvalue weighted by molar-refractivity contribution is -0.137. The van der Waals surface area contributed by atoms with E-state index in [9.17, 15) is 9.90 Å². The second kappa shape index (κ2) is 7.74. The van der Waals surface area contributed by atoms with Crippen molar-refractivity contribution in [3.05, 3.63) is 48.0 Å². The van der Waals surface area contributed by atoms with Gasteiger partial charge in [0.1, 0.15) is 0 Å². The normalized spacial score (nSPS) is 14.3. The monoisotopic (exact) mass is 262 g/mol. The van der Waals surface area contributed by atoms with E-state index in [0.717, 1.165) is 6.42 Å². The van der Waals surface area contributed by atoms with Crippen LogP contribution in [0.3, 0.4) is 0 Å². The zero-order chi connectivity index (χ0) is 14.1. The summed E-state index contributed by atoms with van der Waals surface area (Å²) in [4.78, 5) is 11.1. The Morgan fingerprint density at radius 1 is 1.37 bits per heavy atom. The van der Waals surface area contributed by atoms with E-state index in [1.165, 1.54) is 11.6 Å². The smallest absolute Gasteiger partial charge is 0.330 e. The van der Waals surface area contributed by atoms with Gasteiger partial charge in [-0.3, -0.25) is 0 Å². The summed E-state index contributed by atoms with van der Waals surface area (Å²) in [6.45, 7) is 3.92. The van der Waals surface area contributed by atoms with Crippen LogP contribution in [-0.2, 0) is 16.0 Å². The molecule has 0 amide bonds. The highest BCUT2D eigenvalue weighted by molar-refractivity contribution is 5.81. The SMILES string of the molecule is CCOC(=O)/C=C\C[C@@](C)(O)CCc1ccccc1. The standard InChI is InChI=1S/C16H22O3/c1-3-19-15(17)10-7-12-16(2,18)13-11-14-8-5-4-6-9-14/h4-10,18H,3,11-13H2,1-2H3/b10-7-/t16-/m1/s1. The molecule has 0 saturated carbocycles. The number of carbonyl (C=O) groups is 1. The zero-order valence-corrected chi connectivity index (χ0v) is 11.6. The quantitative estimate of drug-likeness (QED) is 0.607. The highest BCUT2D eigenvalue weighted by Crippen LogP contribution is 2.18. The first-order valence-corrected chi connectivity index (χ1v) is 6.63. The number of carbonyl (C=O) groups excluding carboxylic acids is 1. The summed E-state index contributed by atoms with van der Waals surface area (Å²) < 4.78 is 4.78. The summed E-state index contributed by atoms with van der Waals surface area (Å²) in [5, 5.41) is 10.2. The van der Waals surface area contributed by atoms with Crippen molar-refractivity contribution >= 4 is 5.97 Å². The first kappa shape index (κ1) is 15.4. The highest BCUT2D eigenvalue weighted by atomic mass is 16.5. The van der Waals surface area contributed by atoms with Crippen molar-refractivity contribution < 1.29 is 14.6 Å². The van der Waals surface area contributed by atoms with Crippen LogP contribution in [0, 0.1) is 0 Å². The Morgan fingerprint density at radius 3 is 2.68 bits per heavy atom. The molecule has 1 rings (SSSR count). The largest absolute Gasteiger partial charge is 0.463 e. The molecule has 0 fully saturated rings. The van der Waals surface area contributed by atoms with Crippen LogP contribution >= 0.6 is 0 Å². The van der Waals surface area contributed by atoms with E-state index in [4.69, 9.17) is 4.74 Å². The van der Waals surface area contributed by atoms with Gasteiger partial charge in [0.25, 0.3) is 0 Å². The van der Waals surface area contributed by atoms with E-state index in [2.05, 4.69) is 0 Å². The topological polar surface area (TPSA) is 46.5 Å². The third kappa shape index (κ3) is 6.77. The first-order chi connectivity index (χ1) is 9.03. The molecule has 0 heterocycles. The van der Waals surface area contributed by atoms with Gasteiger partial charge in [0.2, 0.25) is 0 Å². The molecule has 3 heteroatoms. The molecule has 0 bridgehead atoms. The molecule has 1 aromatic rings. The van der Waals surface area contributed by atoms with Crippen LogP contribution in [-0.4, -0.2) is 23.3 Å². The lowest BCUT2D eigenvalue weighted by Crippen LogP contribution is -2.24. The van der Waals surface area contributed by atoms with Crippen molar-refractivity contribution in [3.8, 4) is 0 Å². The number of benzene rings is 1. The number of rotatable bonds is 7. The van der Waals surface area contributed by atoms with Crippen molar-refractivity contribution in [1.29, 1.82) is 0 Å². The molecule has 0 unspecified atom stereocenters. The molecule has 0 spiro atoms. The summed E-state index contributed by atoms with van der Waals surface area (Å²) >= 11 is 0. The molecule has 19 heavy (non-hydrogen) atoms. The fourth-order valence-corrected chi connectivity index (χ4v) is 1.76. The second-order valence-corrected chi connectivity index (χ2v) is 4.84. The van der Waals surface area contributed by atoms with Crippen LogP contribution in [0.2, 0.25) is 0 Å². The lowest BCUT2D eigenvalue weighted by atomic mass is 9.93. The van der Waals surface area contributed by atoms with Gasteiger partial charge in [-0.25, -0.2) is 4.79 Å². The van der Waals surface area contributed by atoms with Crippen molar-refractivity contribution in [2.24, 2.45) is 0 Å². The molecule has 1 aromatic carbocycles. The van der Waals surface area contributed by atoms with Gasteiger partial charge in [0.05, 0.1) is 12.2 Å². The Hall–Kier alpha value is -1.61. The summed E-state index contributed by atoms with van der Waals surface area (Å²) in [6.07, 6.45) is 4.97. The minimum Gasteiger partial charge on any atom is -0.463 e. The summed E-state index contributed by atoms with van der Waals surface area (Å²) in [6, 6.07) is 10.0. The Balaban J connectivity index is 2.37. The molecule has 0 saturated heterocycles. The summed E-state index contributed by atoms with van der Waals surface area (Å²) in [7, 11) is 0. The molecular formula is C16H22O3. The predicted molar refractivity (Wildman–Crippen MR) is 75.8 cm³/mol. The van der Waals surface area contributed by atoms with Gasteiger partial charge in [-0.2, -0.15) is 0 Å². The lowest BCUT2D eigenvalue weighted by Gasteiger charge is -2.21. The fourth-order valence-electron chi connectivity index (χ4n) is 1.76. The minimum atomic E-state index is -0.807. The van der Waals surface area contributed by atoms with Gasteiger partial charge in [0.15, 0.2) is 0 Å². The van der Waals surface area contributed by atoms with Crippen LogP contribution in [0.25, 0.3) is 0 Å². The van der Waals surface area contributed by atoms with Crippen molar-refractivity contribution in [2.75, 3.05) is 6.61 Å². The van der Waals surface area contributed by atoms with Gasteiger partial charge in [-0.15, -0.1) is 0 Å². The van der Waals surface area contributed by atoms with Gasteiger partial charge in [-0.1, -0.05) is 36.4 Å². The van der Waals surface area contributed by atoms with Crippen LogP contribution in [0.5, 0.6) is 0 Å².